The van der Waals surface area contributed by atoms with Gasteiger partial charge in [0.2, 0.25) is 0 Å². The van der Waals surface area contributed by atoms with Crippen molar-refractivity contribution in [3.05, 3.63) is 102 Å². The van der Waals surface area contributed by atoms with Crippen LogP contribution in [-0.4, -0.2) is 75.1 Å². The molecule has 10 nitrogen and oxygen atoms in total. The SMILES string of the molecule is C=Cc1cc(C(CCc2ccccc2)C(C)N(CC(=O)O)C(=O)C2COC(C(=O)O)(C(=O)O)O2)ccc1-c1ccccc1. The molecule has 0 bridgehead atoms. The number of carbonyl (C=O) groups excluding carboxylic acids is 1. The van der Waals surface area contributed by atoms with Gasteiger partial charge in [-0.2, -0.15) is 0 Å². The van der Waals surface area contributed by atoms with Gasteiger partial charge in [-0.25, -0.2) is 9.59 Å². The van der Waals surface area contributed by atoms with Crippen molar-refractivity contribution in [1.82, 2.24) is 4.90 Å². The van der Waals surface area contributed by atoms with Gasteiger partial charge in [0.1, 0.15) is 6.54 Å². The number of carboxylic acids is 3. The van der Waals surface area contributed by atoms with Crippen LogP contribution < -0.4 is 0 Å². The molecule has 1 saturated heterocycles. The van der Waals surface area contributed by atoms with Gasteiger partial charge in [-0.05, 0) is 47.6 Å². The third kappa shape index (κ3) is 6.82. The van der Waals surface area contributed by atoms with Crippen LogP contribution in [0.5, 0.6) is 0 Å². The van der Waals surface area contributed by atoms with Crippen molar-refractivity contribution < 1.29 is 44.0 Å². The number of aliphatic carboxylic acids is 3. The highest BCUT2D eigenvalue weighted by atomic mass is 16.8. The van der Waals surface area contributed by atoms with Gasteiger partial charge < -0.3 is 29.7 Å². The fourth-order valence-corrected chi connectivity index (χ4v) is 5.38. The second kappa shape index (κ2) is 13.5. The summed E-state index contributed by atoms with van der Waals surface area (Å²) in [4.78, 5) is 50.0. The number of benzene rings is 3. The summed E-state index contributed by atoms with van der Waals surface area (Å²) in [7, 11) is 0. The first-order chi connectivity index (χ1) is 20.6. The number of rotatable bonds is 13. The molecule has 43 heavy (non-hydrogen) atoms. The Hall–Kier alpha value is -4.80. The summed E-state index contributed by atoms with van der Waals surface area (Å²) in [5.41, 5.74) is 4.72. The van der Waals surface area contributed by atoms with Crippen molar-refractivity contribution in [1.29, 1.82) is 0 Å². The molecule has 224 valence electrons. The lowest BCUT2D eigenvalue weighted by Crippen LogP contribution is -2.52. The molecular weight excluding hydrogens is 554 g/mol. The van der Waals surface area contributed by atoms with Crippen molar-refractivity contribution in [3.63, 3.8) is 0 Å². The molecule has 3 unspecified atom stereocenters. The Morgan fingerprint density at radius 3 is 2.16 bits per heavy atom. The normalized spacial score (nSPS) is 17.0. The van der Waals surface area contributed by atoms with Crippen LogP contribution in [0.1, 0.15) is 36.0 Å². The van der Waals surface area contributed by atoms with Crippen molar-refractivity contribution in [3.8, 4) is 11.1 Å². The van der Waals surface area contributed by atoms with E-state index in [9.17, 15) is 34.5 Å². The molecule has 1 amide bonds. The number of hydrogen-bond donors (Lipinski definition) is 3. The predicted molar refractivity (Wildman–Crippen MR) is 157 cm³/mol. The molecule has 0 aliphatic carbocycles. The number of aryl methyl sites for hydroxylation is 1. The van der Waals surface area contributed by atoms with Crippen LogP contribution in [0.3, 0.4) is 0 Å². The number of carbonyl (C=O) groups is 4. The van der Waals surface area contributed by atoms with Crippen molar-refractivity contribution in [2.24, 2.45) is 0 Å². The minimum atomic E-state index is -3.06. The van der Waals surface area contributed by atoms with Crippen LogP contribution in [0, 0.1) is 0 Å². The van der Waals surface area contributed by atoms with Crippen LogP contribution >= 0.6 is 0 Å². The van der Waals surface area contributed by atoms with E-state index < -0.39 is 54.9 Å². The smallest absolute Gasteiger partial charge is 0.377 e. The van der Waals surface area contributed by atoms with Gasteiger partial charge in [0.25, 0.3) is 5.91 Å². The third-order valence-corrected chi connectivity index (χ3v) is 7.64. The molecule has 0 spiro atoms. The lowest BCUT2D eigenvalue weighted by Gasteiger charge is -2.36. The van der Waals surface area contributed by atoms with E-state index in [1.54, 1.807) is 13.0 Å². The molecule has 4 rings (SSSR count). The Morgan fingerprint density at radius 1 is 0.977 bits per heavy atom. The molecular formula is C33H33NO9. The molecule has 1 aliphatic heterocycles. The maximum Gasteiger partial charge on any atom is 0.377 e. The Bertz CT molecular complexity index is 1470. The minimum absolute atomic E-state index is 0.377. The standard InChI is InChI=1S/C33H33NO9/c1-3-23-18-25(15-17-27(23)24-12-8-5-9-13-24)26(16-14-22-10-6-4-7-11-22)21(2)34(19-29(35)36)30(37)28-20-42-33(43-28,31(38)39)32(40)41/h3-13,15,17-18,21,26,28H,1,14,16,19-20H2,2H3,(H,35,36)(H,38,39)(H,40,41). The van der Waals surface area contributed by atoms with Gasteiger partial charge in [0.05, 0.1) is 6.61 Å². The summed E-state index contributed by atoms with van der Waals surface area (Å²) in [6, 6.07) is 24.7. The molecule has 3 aromatic carbocycles. The molecule has 0 radical (unpaired) electrons. The summed E-state index contributed by atoms with van der Waals surface area (Å²) >= 11 is 0. The maximum atomic E-state index is 13.7. The van der Waals surface area contributed by atoms with Crippen molar-refractivity contribution in [2.45, 2.75) is 43.6 Å². The number of amides is 1. The number of nitrogens with zero attached hydrogens (tertiary/aromatic N) is 1. The minimum Gasteiger partial charge on any atom is -0.480 e. The lowest BCUT2D eigenvalue weighted by molar-refractivity contribution is -0.218. The summed E-state index contributed by atoms with van der Waals surface area (Å²) in [5.74, 6) is -9.47. The van der Waals surface area contributed by atoms with Crippen molar-refractivity contribution >= 4 is 29.9 Å². The fourth-order valence-electron chi connectivity index (χ4n) is 5.38. The average Bonchev–Trinajstić information content (AvgIpc) is 3.48. The van der Waals surface area contributed by atoms with Gasteiger partial charge in [0.15, 0.2) is 6.10 Å². The fraction of sp³-hybridized carbons (Fsp3) is 0.273. The Labute approximate surface area is 248 Å². The number of carboxylic acid groups (broad SMARTS) is 3. The number of ether oxygens (including phenoxy) is 2. The second-order valence-corrected chi connectivity index (χ2v) is 10.3. The summed E-state index contributed by atoms with van der Waals surface area (Å²) in [6.07, 6.45) is 1.27. The molecule has 3 N–H and O–H groups in total. The van der Waals surface area contributed by atoms with Gasteiger partial charge in [-0.1, -0.05) is 91.5 Å². The molecule has 1 fully saturated rings. The van der Waals surface area contributed by atoms with Crippen LogP contribution in [0.15, 0.2) is 85.4 Å². The summed E-state index contributed by atoms with van der Waals surface area (Å²) < 4.78 is 10.1. The topological polar surface area (TPSA) is 151 Å². The van der Waals surface area contributed by atoms with Gasteiger partial charge in [0, 0.05) is 12.0 Å². The zero-order valence-electron chi connectivity index (χ0n) is 23.6. The summed E-state index contributed by atoms with van der Waals surface area (Å²) in [6.45, 7) is 4.32. The first-order valence-electron chi connectivity index (χ1n) is 13.7. The quantitative estimate of drug-likeness (QED) is 0.249. The molecule has 3 aromatic rings. The van der Waals surface area contributed by atoms with E-state index in [0.29, 0.717) is 12.8 Å². The highest BCUT2D eigenvalue weighted by Gasteiger charge is 2.58. The molecule has 3 atom stereocenters. The van der Waals surface area contributed by atoms with E-state index in [-0.39, 0.29) is 5.92 Å². The van der Waals surface area contributed by atoms with E-state index in [0.717, 1.165) is 32.7 Å². The van der Waals surface area contributed by atoms with E-state index in [1.165, 1.54) is 0 Å². The van der Waals surface area contributed by atoms with Crippen molar-refractivity contribution in [2.75, 3.05) is 13.2 Å². The van der Waals surface area contributed by atoms with E-state index >= 15 is 0 Å². The van der Waals surface area contributed by atoms with Gasteiger partial charge in [-0.3, -0.25) is 9.59 Å². The zero-order valence-corrected chi connectivity index (χ0v) is 23.6. The summed E-state index contributed by atoms with van der Waals surface area (Å²) in [5, 5.41) is 28.6. The van der Waals surface area contributed by atoms with Gasteiger partial charge >= 0.3 is 23.7 Å². The zero-order chi connectivity index (χ0) is 31.1. The third-order valence-electron chi connectivity index (χ3n) is 7.64. The van der Waals surface area contributed by atoms with Crippen LogP contribution in [0.4, 0.5) is 0 Å². The largest absolute Gasteiger partial charge is 0.480 e. The highest BCUT2D eigenvalue weighted by Crippen LogP contribution is 2.35. The molecule has 0 saturated carbocycles. The van der Waals surface area contributed by atoms with Gasteiger partial charge in [-0.15, -0.1) is 0 Å². The average molecular weight is 588 g/mol. The number of hydrogen-bond acceptors (Lipinski definition) is 6. The Morgan fingerprint density at radius 2 is 1.60 bits per heavy atom. The van der Waals surface area contributed by atoms with E-state index in [1.807, 2.05) is 78.9 Å². The van der Waals surface area contributed by atoms with Crippen LogP contribution in [0.25, 0.3) is 17.2 Å². The lowest BCUT2D eigenvalue weighted by atomic mass is 9.84. The van der Waals surface area contributed by atoms with E-state index in [2.05, 4.69) is 6.58 Å². The second-order valence-electron chi connectivity index (χ2n) is 10.3. The molecule has 1 aliphatic rings. The first-order valence-corrected chi connectivity index (χ1v) is 13.7. The van der Waals surface area contributed by atoms with E-state index in [4.69, 9.17) is 9.47 Å². The monoisotopic (exact) mass is 587 g/mol. The Kier molecular flexibility index (Phi) is 9.74. The molecule has 10 heteroatoms. The predicted octanol–water partition coefficient (Wildman–Crippen LogP) is 4.30. The first kappa shape index (κ1) is 31.1. The van der Waals surface area contributed by atoms with Crippen LogP contribution in [-0.2, 0) is 35.1 Å². The highest BCUT2D eigenvalue weighted by molar-refractivity contribution is 6.01. The van der Waals surface area contributed by atoms with Crippen LogP contribution in [0.2, 0.25) is 0 Å². The molecule has 1 heterocycles. The molecule has 0 aromatic heterocycles. The Balaban J connectivity index is 1.71. The maximum absolute atomic E-state index is 13.7.